The van der Waals surface area contributed by atoms with E-state index in [4.69, 9.17) is 5.26 Å². The predicted molar refractivity (Wildman–Crippen MR) is 72.2 cm³/mol. The second kappa shape index (κ2) is 5.06. The van der Waals surface area contributed by atoms with Crippen molar-refractivity contribution in [3.8, 4) is 6.07 Å². The Morgan fingerprint density at radius 2 is 2.30 bits per heavy atom. The standard InChI is InChI=1S/C13H15N5O2/c14-6-9-5-12(18(19)20)13(15-7-9)16-10-3-4-17(8-10)11-1-2-11/h5,7,10-11H,1-4,8H2,(H,15,16). The van der Waals surface area contributed by atoms with Crippen molar-refractivity contribution < 1.29 is 4.92 Å². The molecule has 1 aromatic rings. The van der Waals surface area contributed by atoms with Gasteiger partial charge in [0.25, 0.3) is 0 Å². The van der Waals surface area contributed by atoms with Gasteiger partial charge in [-0.05, 0) is 19.3 Å². The molecule has 0 aromatic carbocycles. The van der Waals surface area contributed by atoms with E-state index < -0.39 is 4.92 Å². The van der Waals surface area contributed by atoms with Crippen molar-refractivity contribution in [2.75, 3.05) is 18.4 Å². The molecule has 2 heterocycles. The lowest BCUT2D eigenvalue weighted by Gasteiger charge is -2.16. The molecule has 0 amide bonds. The van der Waals surface area contributed by atoms with Crippen LogP contribution in [0.2, 0.25) is 0 Å². The largest absolute Gasteiger partial charge is 0.360 e. The highest BCUT2D eigenvalue weighted by Gasteiger charge is 2.35. The summed E-state index contributed by atoms with van der Waals surface area (Å²) in [5.74, 6) is 0.261. The Kier molecular flexibility index (Phi) is 3.24. The molecule has 0 spiro atoms. The first kappa shape index (κ1) is 12.8. The lowest BCUT2D eigenvalue weighted by Crippen LogP contribution is -2.28. The molecule has 1 aliphatic carbocycles. The minimum absolute atomic E-state index is 0.131. The zero-order valence-electron chi connectivity index (χ0n) is 11.0. The zero-order chi connectivity index (χ0) is 14.1. The van der Waals surface area contributed by atoms with Gasteiger partial charge in [-0.25, -0.2) is 4.98 Å². The molecular formula is C13H15N5O2. The molecule has 20 heavy (non-hydrogen) atoms. The van der Waals surface area contributed by atoms with E-state index in [1.807, 2.05) is 6.07 Å². The minimum Gasteiger partial charge on any atom is -0.360 e. The number of nitriles is 1. The molecule has 1 N–H and O–H groups in total. The highest BCUT2D eigenvalue weighted by molar-refractivity contribution is 5.58. The van der Waals surface area contributed by atoms with E-state index in [9.17, 15) is 10.1 Å². The van der Waals surface area contributed by atoms with E-state index in [0.29, 0.717) is 6.04 Å². The molecule has 1 saturated heterocycles. The SMILES string of the molecule is N#Cc1cnc(NC2CCN(C3CC3)C2)c([N+](=O)[O-])c1. The highest BCUT2D eigenvalue weighted by atomic mass is 16.6. The third-order valence-corrected chi connectivity index (χ3v) is 3.82. The molecule has 2 fully saturated rings. The first-order chi connectivity index (χ1) is 9.67. The monoisotopic (exact) mass is 273 g/mol. The number of aromatic nitrogens is 1. The third-order valence-electron chi connectivity index (χ3n) is 3.82. The molecule has 0 bridgehead atoms. The number of pyridine rings is 1. The molecule has 1 atom stereocenters. The van der Waals surface area contributed by atoms with Crippen molar-refractivity contribution >= 4 is 11.5 Å². The maximum Gasteiger partial charge on any atom is 0.312 e. The van der Waals surface area contributed by atoms with Crippen LogP contribution in [-0.2, 0) is 0 Å². The first-order valence-corrected chi connectivity index (χ1v) is 6.72. The Balaban J connectivity index is 1.73. The molecule has 7 nitrogen and oxygen atoms in total. The zero-order valence-corrected chi connectivity index (χ0v) is 11.0. The summed E-state index contributed by atoms with van der Waals surface area (Å²) < 4.78 is 0. The summed E-state index contributed by atoms with van der Waals surface area (Å²) in [6, 6.07) is 4.04. The van der Waals surface area contributed by atoms with Gasteiger partial charge in [-0.15, -0.1) is 0 Å². The van der Waals surface area contributed by atoms with Crippen LogP contribution in [0.25, 0.3) is 0 Å². The van der Waals surface area contributed by atoms with Crippen LogP contribution in [0.15, 0.2) is 12.3 Å². The Morgan fingerprint density at radius 3 is 2.95 bits per heavy atom. The molecule has 104 valence electrons. The number of anilines is 1. The topological polar surface area (TPSA) is 95.1 Å². The fourth-order valence-electron chi connectivity index (χ4n) is 2.63. The van der Waals surface area contributed by atoms with Crippen LogP contribution in [-0.4, -0.2) is 40.0 Å². The summed E-state index contributed by atoms with van der Waals surface area (Å²) in [5, 5.41) is 23.0. The van der Waals surface area contributed by atoms with Crippen LogP contribution in [0.5, 0.6) is 0 Å². The lowest BCUT2D eigenvalue weighted by atomic mass is 10.2. The number of nitro groups is 1. The van der Waals surface area contributed by atoms with Gasteiger partial charge < -0.3 is 5.32 Å². The second-order valence-corrected chi connectivity index (χ2v) is 5.32. The number of hydrogen-bond donors (Lipinski definition) is 1. The maximum atomic E-state index is 11.1. The Morgan fingerprint density at radius 1 is 1.50 bits per heavy atom. The van der Waals surface area contributed by atoms with Crippen molar-refractivity contribution in [3.63, 3.8) is 0 Å². The number of hydrogen-bond acceptors (Lipinski definition) is 6. The van der Waals surface area contributed by atoms with E-state index in [2.05, 4.69) is 15.2 Å². The van der Waals surface area contributed by atoms with E-state index >= 15 is 0 Å². The Labute approximate surface area is 116 Å². The summed E-state index contributed by atoms with van der Waals surface area (Å²) in [4.78, 5) is 17.0. The molecule has 7 heteroatoms. The third kappa shape index (κ3) is 2.56. The molecule has 1 aromatic heterocycles. The maximum absolute atomic E-state index is 11.1. The minimum atomic E-state index is -0.496. The van der Waals surface area contributed by atoms with Crippen LogP contribution < -0.4 is 5.32 Å². The molecule has 0 radical (unpaired) electrons. The van der Waals surface area contributed by atoms with Gasteiger partial charge in [-0.3, -0.25) is 15.0 Å². The van der Waals surface area contributed by atoms with Gasteiger partial charge in [0, 0.05) is 37.4 Å². The van der Waals surface area contributed by atoms with Gasteiger partial charge in [0.1, 0.15) is 6.07 Å². The van der Waals surface area contributed by atoms with Gasteiger partial charge in [-0.1, -0.05) is 0 Å². The van der Waals surface area contributed by atoms with Gasteiger partial charge >= 0.3 is 5.69 Å². The van der Waals surface area contributed by atoms with Crippen molar-refractivity contribution in [2.45, 2.75) is 31.3 Å². The van der Waals surface area contributed by atoms with E-state index in [-0.39, 0.29) is 23.1 Å². The van der Waals surface area contributed by atoms with E-state index in [1.165, 1.54) is 25.1 Å². The van der Waals surface area contributed by atoms with Crippen molar-refractivity contribution in [2.24, 2.45) is 0 Å². The fourth-order valence-corrected chi connectivity index (χ4v) is 2.63. The number of nitrogens with one attached hydrogen (secondary N) is 1. The van der Waals surface area contributed by atoms with Crippen molar-refractivity contribution in [1.82, 2.24) is 9.88 Å². The summed E-state index contributed by atoms with van der Waals surface area (Å²) >= 11 is 0. The molecule has 3 rings (SSSR count). The quantitative estimate of drug-likeness (QED) is 0.660. The Hall–Kier alpha value is -2.20. The normalized spacial score (nSPS) is 22.4. The van der Waals surface area contributed by atoms with Crippen LogP contribution in [0.3, 0.4) is 0 Å². The van der Waals surface area contributed by atoms with Gasteiger partial charge in [-0.2, -0.15) is 5.26 Å². The van der Waals surface area contributed by atoms with E-state index in [0.717, 1.165) is 19.5 Å². The summed E-state index contributed by atoms with van der Waals surface area (Å²) in [6.45, 7) is 1.94. The number of likely N-dealkylation sites (tertiary alicyclic amines) is 1. The van der Waals surface area contributed by atoms with Gasteiger partial charge in [0.05, 0.1) is 10.5 Å². The molecule has 1 unspecified atom stereocenters. The highest BCUT2D eigenvalue weighted by Crippen LogP contribution is 2.31. The van der Waals surface area contributed by atoms with Crippen LogP contribution in [0.4, 0.5) is 11.5 Å². The fraction of sp³-hybridized carbons (Fsp3) is 0.538. The summed E-state index contributed by atoms with van der Waals surface area (Å²) in [6.07, 6.45) is 4.86. The van der Waals surface area contributed by atoms with Crippen molar-refractivity contribution in [1.29, 1.82) is 5.26 Å². The van der Waals surface area contributed by atoms with Gasteiger partial charge in [0.15, 0.2) is 0 Å². The summed E-state index contributed by atoms with van der Waals surface area (Å²) in [5.41, 5.74) is 0.0715. The average molecular weight is 273 g/mol. The molecule has 2 aliphatic rings. The van der Waals surface area contributed by atoms with Crippen LogP contribution in [0, 0.1) is 21.4 Å². The Bertz CT molecular complexity index is 579. The van der Waals surface area contributed by atoms with Crippen LogP contribution in [0.1, 0.15) is 24.8 Å². The average Bonchev–Trinajstić information content (AvgIpc) is 3.20. The number of nitrogens with zero attached hydrogens (tertiary/aromatic N) is 4. The van der Waals surface area contributed by atoms with Crippen molar-refractivity contribution in [3.05, 3.63) is 27.9 Å². The second-order valence-electron chi connectivity index (χ2n) is 5.32. The summed E-state index contributed by atoms with van der Waals surface area (Å²) in [7, 11) is 0. The smallest absolute Gasteiger partial charge is 0.312 e. The lowest BCUT2D eigenvalue weighted by molar-refractivity contribution is -0.384. The van der Waals surface area contributed by atoms with Crippen LogP contribution >= 0.6 is 0 Å². The molecule has 1 saturated carbocycles. The first-order valence-electron chi connectivity index (χ1n) is 6.72. The molecular weight excluding hydrogens is 258 g/mol. The predicted octanol–water partition coefficient (Wildman–Crippen LogP) is 1.51. The number of rotatable bonds is 4. The van der Waals surface area contributed by atoms with E-state index in [1.54, 1.807) is 0 Å². The van der Waals surface area contributed by atoms with Gasteiger partial charge in [0.2, 0.25) is 5.82 Å². The molecule has 1 aliphatic heterocycles.